The van der Waals surface area contributed by atoms with Crippen molar-refractivity contribution in [2.45, 2.75) is 51.1 Å². The van der Waals surface area contributed by atoms with Crippen LogP contribution in [0.3, 0.4) is 0 Å². The van der Waals surface area contributed by atoms with Crippen molar-refractivity contribution >= 4 is 16.8 Å². The average Bonchev–Trinajstić information content (AvgIpc) is 3.11. The van der Waals surface area contributed by atoms with Gasteiger partial charge in [0, 0.05) is 30.7 Å². The number of benzene rings is 1. The molecule has 0 aliphatic carbocycles. The van der Waals surface area contributed by atoms with E-state index in [0.29, 0.717) is 6.04 Å². The maximum atomic E-state index is 5.67. The molecule has 0 radical (unpaired) electrons. The van der Waals surface area contributed by atoms with E-state index in [1.54, 1.807) is 0 Å². The maximum absolute atomic E-state index is 5.67. The smallest absolute Gasteiger partial charge is 0.195 e. The highest BCUT2D eigenvalue weighted by molar-refractivity contribution is 5.77. The number of hydrogen-bond acceptors (Lipinski definition) is 4. The first-order valence-electron chi connectivity index (χ1n) is 8.22. The van der Waals surface area contributed by atoms with Crippen molar-refractivity contribution in [1.29, 1.82) is 0 Å². The van der Waals surface area contributed by atoms with Crippen molar-refractivity contribution in [3.63, 3.8) is 0 Å². The van der Waals surface area contributed by atoms with Crippen molar-refractivity contribution < 1.29 is 4.42 Å². The van der Waals surface area contributed by atoms with Gasteiger partial charge >= 0.3 is 0 Å². The van der Waals surface area contributed by atoms with Crippen LogP contribution in [-0.4, -0.2) is 35.1 Å². The van der Waals surface area contributed by atoms with Gasteiger partial charge in [-0.3, -0.25) is 0 Å². The van der Waals surface area contributed by atoms with Gasteiger partial charge in [0.05, 0.1) is 0 Å². The highest BCUT2D eigenvalue weighted by Crippen LogP contribution is 2.29. The zero-order valence-corrected chi connectivity index (χ0v) is 12.6. The molecule has 3 heterocycles. The summed E-state index contributed by atoms with van der Waals surface area (Å²) in [7, 11) is 0. The summed E-state index contributed by atoms with van der Waals surface area (Å²) in [6.45, 7) is 4.62. The number of aromatic nitrogens is 1. The molecule has 4 heteroatoms. The second kappa shape index (κ2) is 5.34. The van der Waals surface area contributed by atoms with E-state index in [1.807, 2.05) is 6.07 Å². The molecule has 2 fully saturated rings. The minimum Gasteiger partial charge on any atom is -0.441 e. The van der Waals surface area contributed by atoms with Gasteiger partial charge in [0.15, 0.2) is 11.5 Å². The molecule has 21 heavy (non-hydrogen) atoms. The SMILES string of the molecule is CCc1nc2cc(NC3CCN4CCCC4C3)ccc2o1. The van der Waals surface area contributed by atoms with Gasteiger partial charge in [0.25, 0.3) is 0 Å². The zero-order chi connectivity index (χ0) is 14.2. The Bertz CT molecular complexity index is 636. The Labute approximate surface area is 125 Å². The van der Waals surface area contributed by atoms with Crippen molar-refractivity contribution in [3.8, 4) is 0 Å². The fourth-order valence-electron chi connectivity index (χ4n) is 3.81. The molecule has 0 amide bonds. The van der Waals surface area contributed by atoms with Crippen LogP contribution in [0.2, 0.25) is 0 Å². The van der Waals surface area contributed by atoms with E-state index in [-0.39, 0.29) is 0 Å². The van der Waals surface area contributed by atoms with Gasteiger partial charge in [-0.05, 0) is 50.4 Å². The lowest BCUT2D eigenvalue weighted by Crippen LogP contribution is -2.42. The lowest BCUT2D eigenvalue weighted by molar-refractivity contribution is 0.188. The normalized spacial score (nSPS) is 26.1. The number of anilines is 1. The van der Waals surface area contributed by atoms with Gasteiger partial charge in [0.2, 0.25) is 0 Å². The summed E-state index contributed by atoms with van der Waals surface area (Å²) in [6.07, 6.45) is 6.12. The molecule has 2 saturated heterocycles. The summed E-state index contributed by atoms with van der Waals surface area (Å²) < 4.78 is 5.67. The number of fused-ring (bicyclic) bond motifs is 2. The summed E-state index contributed by atoms with van der Waals surface area (Å²) in [4.78, 5) is 7.18. The Morgan fingerprint density at radius 3 is 3.19 bits per heavy atom. The maximum Gasteiger partial charge on any atom is 0.195 e. The van der Waals surface area contributed by atoms with Crippen LogP contribution in [0.5, 0.6) is 0 Å². The van der Waals surface area contributed by atoms with E-state index in [4.69, 9.17) is 4.42 Å². The number of hydrogen-bond donors (Lipinski definition) is 1. The summed E-state index contributed by atoms with van der Waals surface area (Å²) in [5.41, 5.74) is 3.04. The summed E-state index contributed by atoms with van der Waals surface area (Å²) in [5, 5.41) is 3.70. The van der Waals surface area contributed by atoms with Crippen molar-refractivity contribution in [2.24, 2.45) is 0 Å². The second-order valence-corrected chi connectivity index (χ2v) is 6.34. The molecule has 4 nitrogen and oxygen atoms in total. The topological polar surface area (TPSA) is 41.3 Å². The minimum atomic E-state index is 0.597. The molecule has 0 spiro atoms. The molecule has 112 valence electrons. The molecule has 2 atom stereocenters. The number of aryl methyl sites for hydroxylation is 1. The Balaban J connectivity index is 1.48. The van der Waals surface area contributed by atoms with Crippen molar-refractivity contribution in [1.82, 2.24) is 9.88 Å². The average molecular weight is 285 g/mol. The highest BCUT2D eigenvalue weighted by Gasteiger charge is 2.31. The quantitative estimate of drug-likeness (QED) is 0.938. The first kappa shape index (κ1) is 13.1. The molecule has 2 aliphatic heterocycles. The Morgan fingerprint density at radius 2 is 2.29 bits per heavy atom. The van der Waals surface area contributed by atoms with Crippen LogP contribution in [0.1, 0.15) is 38.5 Å². The molecular weight excluding hydrogens is 262 g/mol. The number of piperidine rings is 1. The van der Waals surface area contributed by atoms with Crippen LogP contribution in [0.25, 0.3) is 11.1 Å². The van der Waals surface area contributed by atoms with E-state index in [1.165, 1.54) is 44.5 Å². The van der Waals surface area contributed by atoms with Gasteiger partial charge in [-0.15, -0.1) is 0 Å². The molecule has 0 bridgehead atoms. The van der Waals surface area contributed by atoms with Crippen molar-refractivity contribution in [2.75, 3.05) is 18.4 Å². The molecule has 2 unspecified atom stereocenters. The first-order chi connectivity index (χ1) is 10.3. The largest absolute Gasteiger partial charge is 0.441 e. The Kier molecular flexibility index (Phi) is 3.34. The van der Waals surface area contributed by atoms with Crippen LogP contribution in [0, 0.1) is 0 Å². The van der Waals surface area contributed by atoms with Gasteiger partial charge in [0.1, 0.15) is 5.52 Å². The zero-order valence-electron chi connectivity index (χ0n) is 12.6. The van der Waals surface area contributed by atoms with Crippen LogP contribution >= 0.6 is 0 Å². The monoisotopic (exact) mass is 285 g/mol. The molecule has 1 N–H and O–H groups in total. The Morgan fingerprint density at radius 1 is 1.33 bits per heavy atom. The van der Waals surface area contributed by atoms with E-state index in [2.05, 4.69) is 34.3 Å². The first-order valence-corrected chi connectivity index (χ1v) is 8.22. The second-order valence-electron chi connectivity index (χ2n) is 6.34. The molecule has 0 saturated carbocycles. The molecule has 2 aliphatic rings. The molecular formula is C17H23N3O. The van der Waals surface area contributed by atoms with E-state index in [9.17, 15) is 0 Å². The molecule has 1 aromatic carbocycles. The number of rotatable bonds is 3. The van der Waals surface area contributed by atoms with Crippen LogP contribution in [-0.2, 0) is 6.42 Å². The van der Waals surface area contributed by atoms with Crippen LogP contribution < -0.4 is 5.32 Å². The predicted octanol–water partition coefficient (Wildman–Crippen LogP) is 3.43. The lowest BCUT2D eigenvalue weighted by Gasteiger charge is -2.35. The van der Waals surface area contributed by atoms with E-state index in [0.717, 1.165) is 29.5 Å². The molecule has 2 aromatic rings. The minimum absolute atomic E-state index is 0.597. The third-order valence-electron chi connectivity index (χ3n) is 4.93. The standard InChI is InChI=1S/C17H23N3O/c1-2-17-19-15-11-12(5-6-16(15)21-17)18-13-7-9-20-8-3-4-14(20)10-13/h5-6,11,13-14,18H,2-4,7-10H2,1H3. The summed E-state index contributed by atoms with van der Waals surface area (Å²) in [6, 6.07) is 7.68. The van der Waals surface area contributed by atoms with Gasteiger partial charge < -0.3 is 14.6 Å². The molecule has 4 rings (SSSR count). The fraction of sp³-hybridized carbons (Fsp3) is 0.588. The van der Waals surface area contributed by atoms with Gasteiger partial charge in [-0.1, -0.05) is 6.92 Å². The fourth-order valence-corrected chi connectivity index (χ4v) is 3.81. The number of oxazole rings is 1. The third kappa shape index (κ3) is 2.53. The lowest BCUT2D eigenvalue weighted by atomic mass is 9.97. The predicted molar refractivity (Wildman–Crippen MR) is 84.6 cm³/mol. The number of nitrogens with zero attached hydrogens (tertiary/aromatic N) is 2. The number of nitrogens with one attached hydrogen (secondary N) is 1. The van der Waals surface area contributed by atoms with E-state index >= 15 is 0 Å². The van der Waals surface area contributed by atoms with Crippen LogP contribution in [0.4, 0.5) is 5.69 Å². The summed E-state index contributed by atoms with van der Waals surface area (Å²) in [5.74, 6) is 0.821. The van der Waals surface area contributed by atoms with Crippen molar-refractivity contribution in [3.05, 3.63) is 24.1 Å². The van der Waals surface area contributed by atoms with E-state index < -0.39 is 0 Å². The Hall–Kier alpha value is -1.55. The van der Waals surface area contributed by atoms with Gasteiger partial charge in [-0.2, -0.15) is 0 Å². The third-order valence-corrected chi connectivity index (χ3v) is 4.93. The van der Waals surface area contributed by atoms with Crippen LogP contribution in [0.15, 0.2) is 22.6 Å². The summed E-state index contributed by atoms with van der Waals surface area (Å²) >= 11 is 0. The highest BCUT2D eigenvalue weighted by atomic mass is 16.3. The molecule has 1 aromatic heterocycles. The van der Waals surface area contributed by atoms with Gasteiger partial charge in [-0.25, -0.2) is 4.98 Å².